The van der Waals surface area contributed by atoms with Crippen molar-refractivity contribution < 1.29 is 43.5 Å². The highest BCUT2D eigenvalue weighted by Gasteiger charge is 2.49. The summed E-state index contributed by atoms with van der Waals surface area (Å²) in [4.78, 5) is 37.8. The first-order valence-corrected chi connectivity index (χ1v) is 11.2. The van der Waals surface area contributed by atoms with E-state index in [1.807, 2.05) is 0 Å². The molecule has 2 atom stereocenters. The molecule has 1 aliphatic rings. The van der Waals surface area contributed by atoms with Crippen LogP contribution in [0, 0.1) is 5.92 Å². The number of hydrogen-bond donors (Lipinski definition) is 3. The summed E-state index contributed by atoms with van der Waals surface area (Å²) in [6.07, 6.45) is 0.128. The average Bonchev–Trinajstić information content (AvgIpc) is 2.86. The lowest BCUT2D eigenvalue weighted by atomic mass is 9.81. The number of carbonyl (C=O) groups is 3. The van der Waals surface area contributed by atoms with Gasteiger partial charge in [-0.05, 0) is 24.1 Å². The molecule has 1 saturated heterocycles. The van der Waals surface area contributed by atoms with Crippen molar-refractivity contribution >= 4 is 23.5 Å². The van der Waals surface area contributed by atoms with Gasteiger partial charge in [-0.1, -0.05) is 6.07 Å². The summed E-state index contributed by atoms with van der Waals surface area (Å²) in [6.45, 7) is 0.0448. The average molecular weight is 503 g/mol. The van der Waals surface area contributed by atoms with Crippen molar-refractivity contribution in [1.82, 2.24) is 5.32 Å². The predicted octanol–water partition coefficient (Wildman–Crippen LogP) is 2.50. The smallest absolute Gasteiger partial charge is 0.303 e. The first-order valence-electron chi connectivity index (χ1n) is 11.2. The van der Waals surface area contributed by atoms with Crippen LogP contribution in [0.5, 0.6) is 28.7 Å². The molecular formula is C25H30N2O9. The Kier molecular flexibility index (Phi) is 8.46. The molecule has 2 aromatic rings. The minimum atomic E-state index is -0.975. The highest BCUT2D eigenvalue weighted by molar-refractivity contribution is 6.04. The molecule has 0 aliphatic carbocycles. The monoisotopic (exact) mass is 502 g/mol. The molecular weight excluding hydrogens is 472 g/mol. The predicted molar refractivity (Wildman–Crippen MR) is 129 cm³/mol. The fraction of sp³-hybridized carbons (Fsp3) is 0.400. The van der Waals surface area contributed by atoms with Crippen LogP contribution in [-0.4, -0.2) is 63.0 Å². The molecule has 11 heteroatoms. The zero-order chi connectivity index (χ0) is 26.4. The molecule has 0 radical (unpaired) electrons. The van der Waals surface area contributed by atoms with Crippen LogP contribution in [0.15, 0.2) is 30.3 Å². The maximum Gasteiger partial charge on any atom is 0.303 e. The number of β-lactam (4-membered cyclic amide) rings is 1. The van der Waals surface area contributed by atoms with Crippen molar-refractivity contribution in [1.29, 1.82) is 0 Å². The molecule has 3 rings (SSSR count). The number of anilines is 1. The van der Waals surface area contributed by atoms with Crippen LogP contribution in [0.4, 0.5) is 5.69 Å². The van der Waals surface area contributed by atoms with Gasteiger partial charge >= 0.3 is 5.97 Å². The summed E-state index contributed by atoms with van der Waals surface area (Å²) in [5.74, 6) is -0.889. The van der Waals surface area contributed by atoms with Gasteiger partial charge in [0.05, 0.1) is 46.1 Å². The largest absolute Gasteiger partial charge is 0.504 e. The molecule has 2 aromatic carbocycles. The fourth-order valence-corrected chi connectivity index (χ4v) is 4.23. The van der Waals surface area contributed by atoms with Crippen LogP contribution in [-0.2, 0) is 14.4 Å². The van der Waals surface area contributed by atoms with Crippen molar-refractivity contribution in [3.8, 4) is 28.7 Å². The Morgan fingerprint density at radius 3 is 2.11 bits per heavy atom. The van der Waals surface area contributed by atoms with Crippen LogP contribution in [0.25, 0.3) is 0 Å². The minimum absolute atomic E-state index is 0.0395. The summed E-state index contributed by atoms with van der Waals surface area (Å²) in [5, 5.41) is 21.8. The number of carbonyl (C=O) groups excluding carboxylic acids is 2. The summed E-state index contributed by atoms with van der Waals surface area (Å²) < 4.78 is 21.4. The molecule has 1 aliphatic heterocycles. The van der Waals surface area contributed by atoms with E-state index < -0.39 is 17.9 Å². The van der Waals surface area contributed by atoms with Crippen LogP contribution >= 0.6 is 0 Å². The van der Waals surface area contributed by atoms with Crippen molar-refractivity contribution in [2.75, 3.05) is 39.9 Å². The van der Waals surface area contributed by atoms with Crippen LogP contribution < -0.4 is 29.2 Å². The Balaban J connectivity index is 1.92. The Hall–Kier alpha value is -4.15. The van der Waals surface area contributed by atoms with Gasteiger partial charge in [0.15, 0.2) is 23.0 Å². The standard InChI is InChI=1S/C25H30N2O9/c1-33-18-9-8-14(10-17(18)28)23-16(13-26-21(29)6-5-7-22(30)31)25(32)27(23)15-11-19(34-2)24(36-4)20(12-15)35-3/h8-12,16,23,28H,5-7,13H2,1-4H3,(H,26,29)(H,30,31)/t16-,23-/m0/s1. The molecule has 0 saturated carbocycles. The summed E-state index contributed by atoms with van der Waals surface area (Å²) in [6, 6.07) is 7.62. The number of phenols is 1. The molecule has 1 fully saturated rings. The van der Waals surface area contributed by atoms with Gasteiger partial charge in [0, 0.05) is 31.5 Å². The molecule has 2 amide bonds. The number of carboxylic acids is 1. The summed E-state index contributed by atoms with van der Waals surface area (Å²) in [7, 11) is 5.86. The number of amides is 2. The fourth-order valence-electron chi connectivity index (χ4n) is 4.23. The first-order chi connectivity index (χ1) is 17.2. The molecule has 194 valence electrons. The van der Waals surface area contributed by atoms with E-state index in [1.165, 1.54) is 39.4 Å². The Morgan fingerprint density at radius 1 is 0.944 bits per heavy atom. The molecule has 3 N–H and O–H groups in total. The lowest BCUT2D eigenvalue weighted by molar-refractivity contribution is -0.137. The first kappa shape index (κ1) is 26.5. The number of aromatic hydroxyl groups is 1. The zero-order valence-electron chi connectivity index (χ0n) is 20.6. The van der Waals surface area contributed by atoms with Gasteiger partial charge in [0.25, 0.3) is 0 Å². The molecule has 0 spiro atoms. The molecule has 0 unspecified atom stereocenters. The number of aliphatic carboxylic acids is 1. The van der Waals surface area contributed by atoms with Crippen LogP contribution in [0.1, 0.15) is 30.9 Å². The van der Waals surface area contributed by atoms with Crippen LogP contribution in [0.3, 0.4) is 0 Å². The van der Waals surface area contributed by atoms with E-state index in [0.717, 1.165) is 0 Å². The van der Waals surface area contributed by atoms with Gasteiger partial charge in [-0.25, -0.2) is 0 Å². The number of carboxylic acid groups (broad SMARTS) is 1. The second kappa shape index (κ2) is 11.5. The third-order valence-electron chi connectivity index (χ3n) is 6.00. The number of hydrogen-bond acceptors (Lipinski definition) is 8. The van der Waals surface area contributed by atoms with Gasteiger partial charge in [-0.15, -0.1) is 0 Å². The second-order valence-electron chi connectivity index (χ2n) is 8.13. The molecule has 0 aromatic heterocycles. The zero-order valence-corrected chi connectivity index (χ0v) is 20.6. The number of methoxy groups -OCH3 is 4. The number of nitrogens with one attached hydrogen (secondary N) is 1. The lowest BCUT2D eigenvalue weighted by Crippen LogP contribution is -2.58. The normalized spacial score (nSPS) is 16.7. The molecule has 36 heavy (non-hydrogen) atoms. The quantitative estimate of drug-likeness (QED) is 0.373. The number of phenolic OH excluding ortho intramolecular Hbond substituents is 1. The third-order valence-corrected chi connectivity index (χ3v) is 6.00. The van der Waals surface area contributed by atoms with E-state index in [-0.39, 0.29) is 49.1 Å². The molecule has 11 nitrogen and oxygen atoms in total. The van der Waals surface area contributed by atoms with Crippen molar-refractivity contribution in [2.24, 2.45) is 5.92 Å². The number of nitrogens with zero attached hydrogens (tertiary/aromatic N) is 1. The van der Waals surface area contributed by atoms with Crippen molar-refractivity contribution in [3.05, 3.63) is 35.9 Å². The van der Waals surface area contributed by atoms with Gasteiger partial charge in [-0.3, -0.25) is 14.4 Å². The number of ether oxygens (including phenoxy) is 4. The van der Waals surface area contributed by atoms with E-state index in [2.05, 4.69) is 5.32 Å². The van der Waals surface area contributed by atoms with Crippen molar-refractivity contribution in [3.63, 3.8) is 0 Å². The summed E-state index contributed by atoms with van der Waals surface area (Å²) >= 11 is 0. The maximum absolute atomic E-state index is 13.3. The Bertz CT molecular complexity index is 1110. The lowest BCUT2D eigenvalue weighted by Gasteiger charge is -2.47. The highest BCUT2D eigenvalue weighted by atomic mass is 16.5. The Labute approximate surface area is 208 Å². The van der Waals surface area contributed by atoms with Gasteiger partial charge in [-0.2, -0.15) is 0 Å². The van der Waals surface area contributed by atoms with Gasteiger partial charge in [0.1, 0.15) is 0 Å². The summed E-state index contributed by atoms with van der Waals surface area (Å²) in [5.41, 5.74) is 1.12. The second-order valence-corrected chi connectivity index (χ2v) is 8.13. The van der Waals surface area contributed by atoms with Crippen molar-refractivity contribution in [2.45, 2.75) is 25.3 Å². The van der Waals surface area contributed by atoms with Gasteiger partial charge < -0.3 is 39.4 Å². The van der Waals surface area contributed by atoms with E-state index in [0.29, 0.717) is 28.5 Å². The molecule has 1 heterocycles. The van der Waals surface area contributed by atoms with Crippen LogP contribution in [0.2, 0.25) is 0 Å². The maximum atomic E-state index is 13.3. The van der Waals surface area contributed by atoms with E-state index >= 15 is 0 Å². The van der Waals surface area contributed by atoms with E-state index in [4.69, 9.17) is 24.1 Å². The third kappa shape index (κ3) is 5.40. The van der Waals surface area contributed by atoms with E-state index in [1.54, 1.807) is 24.3 Å². The molecule has 0 bridgehead atoms. The van der Waals surface area contributed by atoms with E-state index in [9.17, 15) is 19.5 Å². The Morgan fingerprint density at radius 2 is 1.58 bits per heavy atom. The number of rotatable bonds is 12. The minimum Gasteiger partial charge on any atom is -0.504 e. The highest BCUT2D eigenvalue weighted by Crippen LogP contribution is 2.49. The number of benzene rings is 2. The topological polar surface area (TPSA) is 144 Å². The SMILES string of the molecule is COc1ccc([C@H]2[C@H](CNC(=O)CCCC(=O)O)C(=O)N2c2cc(OC)c(OC)c(OC)c2)cc1O. The van der Waals surface area contributed by atoms with Gasteiger partial charge in [0.2, 0.25) is 17.6 Å².